The molecule has 2 unspecified atom stereocenters. The minimum atomic E-state index is -0.943. The molecule has 0 spiro atoms. The molecule has 0 saturated heterocycles. The summed E-state index contributed by atoms with van der Waals surface area (Å²) in [5, 5.41) is 0. The Morgan fingerprint density at radius 2 is 1.46 bits per heavy atom. The predicted octanol–water partition coefficient (Wildman–Crippen LogP) is 6.68. The maximum atomic E-state index is 5.67. The van der Waals surface area contributed by atoms with Crippen LogP contribution in [0.15, 0.2) is 24.3 Å². The van der Waals surface area contributed by atoms with Gasteiger partial charge < -0.3 is 14.2 Å². The molecule has 0 fully saturated rings. The molecule has 0 aliphatic heterocycles. The molecular weight excluding hydrogens is 439 g/mol. The lowest BCUT2D eigenvalue weighted by Gasteiger charge is -2.36. The number of unbranched alkanes of at least 4 members (excludes halogenated alkanes) is 4. The van der Waals surface area contributed by atoms with Gasteiger partial charge >= 0.3 is 0 Å². The minimum absolute atomic E-state index is 0.215. The van der Waals surface area contributed by atoms with Crippen LogP contribution >= 0.6 is 22.6 Å². The van der Waals surface area contributed by atoms with E-state index in [1.807, 2.05) is 0 Å². The van der Waals surface area contributed by atoms with E-state index in [2.05, 4.69) is 60.7 Å². The number of benzene rings is 1. The first-order chi connectivity index (χ1) is 12.5. The summed E-state index contributed by atoms with van der Waals surface area (Å²) in [4.78, 5) is 0. The van der Waals surface area contributed by atoms with Crippen LogP contribution in [0.4, 0.5) is 0 Å². The van der Waals surface area contributed by atoms with Gasteiger partial charge in [0, 0.05) is 31.2 Å². The number of hydrogen-bond donors (Lipinski definition) is 0. The Kier molecular flexibility index (Phi) is 12.0. The van der Waals surface area contributed by atoms with Crippen molar-refractivity contribution in [1.82, 2.24) is 0 Å². The van der Waals surface area contributed by atoms with Crippen LogP contribution < -0.4 is 0 Å². The molecule has 1 aromatic rings. The lowest BCUT2D eigenvalue weighted by molar-refractivity contribution is -0.380. The van der Waals surface area contributed by atoms with Gasteiger partial charge in [-0.05, 0) is 37.3 Å². The lowest BCUT2D eigenvalue weighted by Crippen LogP contribution is -2.44. The Hall–Kier alpha value is -0.170. The summed E-state index contributed by atoms with van der Waals surface area (Å²) >= 11 is 2.45. The largest absolute Gasteiger partial charge is 0.331 e. The number of ether oxygens (including phenoxy) is 3. The SMILES string of the molecule is CCCCCCCC(CCc1ccc(C(C)I)cc1)C(OC)(OC)OC. The number of rotatable bonds is 14. The van der Waals surface area contributed by atoms with E-state index >= 15 is 0 Å². The fraction of sp³-hybridized carbons (Fsp3) is 0.727. The zero-order valence-corrected chi connectivity index (χ0v) is 19.4. The number of halogens is 1. The third-order valence-corrected chi connectivity index (χ3v) is 5.95. The second-order valence-corrected chi connectivity index (χ2v) is 8.88. The van der Waals surface area contributed by atoms with Gasteiger partial charge in [-0.15, -0.1) is 0 Å². The molecule has 3 nitrogen and oxygen atoms in total. The molecule has 0 amide bonds. The van der Waals surface area contributed by atoms with Crippen LogP contribution in [0, 0.1) is 5.92 Å². The van der Waals surface area contributed by atoms with Crippen LogP contribution in [0.25, 0.3) is 0 Å². The molecule has 26 heavy (non-hydrogen) atoms. The Morgan fingerprint density at radius 1 is 0.885 bits per heavy atom. The maximum absolute atomic E-state index is 5.67. The summed E-state index contributed by atoms with van der Waals surface area (Å²) in [6.45, 7) is 4.47. The number of hydrogen-bond acceptors (Lipinski definition) is 3. The molecular formula is C22H37IO3. The van der Waals surface area contributed by atoms with Crippen LogP contribution in [0.2, 0.25) is 0 Å². The van der Waals surface area contributed by atoms with E-state index in [0.717, 1.165) is 19.3 Å². The van der Waals surface area contributed by atoms with Crippen molar-refractivity contribution in [2.75, 3.05) is 21.3 Å². The highest BCUT2D eigenvalue weighted by atomic mass is 127. The van der Waals surface area contributed by atoms with Crippen molar-refractivity contribution in [3.63, 3.8) is 0 Å². The van der Waals surface area contributed by atoms with E-state index in [4.69, 9.17) is 14.2 Å². The molecule has 0 saturated carbocycles. The van der Waals surface area contributed by atoms with E-state index in [1.54, 1.807) is 21.3 Å². The second kappa shape index (κ2) is 13.1. The molecule has 0 radical (unpaired) electrons. The summed E-state index contributed by atoms with van der Waals surface area (Å²) in [5.74, 6) is -0.728. The fourth-order valence-electron chi connectivity index (χ4n) is 3.53. The van der Waals surface area contributed by atoms with Gasteiger partial charge in [-0.3, -0.25) is 0 Å². The maximum Gasteiger partial charge on any atom is 0.285 e. The van der Waals surface area contributed by atoms with Crippen LogP contribution in [-0.4, -0.2) is 27.3 Å². The summed E-state index contributed by atoms with van der Waals surface area (Å²) < 4.78 is 17.6. The molecule has 0 N–H and O–H groups in total. The van der Waals surface area contributed by atoms with E-state index in [1.165, 1.54) is 43.2 Å². The Morgan fingerprint density at radius 3 is 1.96 bits per heavy atom. The molecule has 0 heterocycles. The molecule has 150 valence electrons. The van der Waals surface area contributed by atoms with Gasteiger partial charge in [0.15, 0.2) is 0 Å². The highest BCUT2D eigenvalue weighted by Gasteiger charge is 2.39. The topological polar surface area (TPSA) is 27.7 Å². The second-order valence-electron chi connectivity index (χ2n) is 7.01. The third-order valence-electron chi connectivity index (χ3n) is 5.23. The predicted molar refractivity (Wildman–Crippen MR) is 118 cm³/mol. The minimum Gasteiger partial charge on any atom is -0.331 e. The summed E-state index contributed by atoms with van der Waals surface area (Å²) in [7, 11) is 5.02. The van der Waals surface area contributed by atoms with Crippen LogP contribution in [0.1, 0.15) is 73.8 Å². The van der Waals surface area contributed by atoms with Crippen molar-refractivity contribution in [2.45, 2.75) is 75.1 Å². The zero-order valence-electron chi connectivity index (χ0n) is 17.2. The normalized spacial score (nSPS) is 14.4. The first kappa shape index (κ1) is 23.9. The average molecular weight is 476 g/mol. The summed E-state index contributed by atoms with van der Waals surface area (Å²) in [5.41, 5.74) is 2.74. The third kappa shape index (κ3) is 7.45. The van der Waals surface area contributed by atoms with Crippen LogP contribution in [0.3, 0.4) is 0 Å². The van der Waals surface area contributed by atoms with Gasteiger partial charge in [0.25, 0.3) is 5.97 Å². The first-order valence-electron chi connectivity index (χ1n) is 9.91. The highest BCUT2D eigenvalue weighted by Crippen LogP contribution is 2.32. The standard InChI is InChI=1S/C22H37IO3/c1-6-7-8-9-10-11-21(22(24-3,25-4)26-5)17-14-19-12-15-20(16-13-19)18(2)23/h12-13,15-16,18,21H,6-11,14,17H2,1-5H3. The highest BCUT2D eigenvalue weighted by molar-refractivity contribution is 14.1. The molecule has 1 aromatic carbocycles. The van der Waals surface area contributed by atoms with Gasteiger partial charge in [0.05, 0.1) is 0 Å². The summed E-state index contributed by atoms with van der Waals surface area (Å²) in [6, 6.07) is 8.97. The Balaban J connectivity index is 2.70. The van der Waals surface area contributed by atoms with Crippen molar-refractivity contribution in [3.05, 3.63) is 35.4 Å². The number of methoxy groups -OCH3 is 3. The Bertz CT molecular complexity index is 461. The average Bonchev–Trinajstić information content (AvgIpc) is 2.67. The first-order valence-corrected chi connectivity index (χ1v) is 11.2. The van der Waals surface area contributed by atoms with Gasteiger partial charge in [-0.2, -0.15) is 0 Å². The molecule has 0 aliphatic carbocycles. The fourth-order valence-corrected chi connectivity index (χ4v) is 3.95. The quantitative estimate of drug-likeness (QED) is 0.130. The van der Waals surface area contributed by atoms with E-state index in [0.29, 0.717) is 3.92 Å². The van der Waals surface area contributed by atoms with Gasteiger partial charge in [-0.1, -0.05) is 85.9 Å². The van der Waals surface area contributed by atoms with Gasteiger partial charge in [-0.25, -0.2) is 0 Å². The van der Waals surface area contributed by atoms with Crippen molar-refractivity contribution >= 4 is 22.6 Å². The summed E-state index contributed by atoms with van der Waals surface area (Å²) in [6.07, 6.45) is 9.40. The van der Waals surface area contributed by atoms with Crippen molar-refractivity contribution in [1.29, 1.82) is 0 Å². The Labute approximate surface area is 174 Å². The lowest BCUT2D eigenvalue weighted by atomic mass is 9.91. The monoisotopic (exact) mass is 476 g/mol. The van der Waals surface area contributed by atoms with Crippen LogP contribution in [0.5, 0.6) is 0 Å². The number of alkyl halides is 1. The number of aryl methyl sites for hydroxylation is 1. The molecule has 0 aliphatic rings. The molecule has 1 rings (SSSR count). The molecule has 4 heteroatoms. The zero-order chi connectivity index (χ0) is 19.4. The molecule has 0 bridgehead atoms. The van der Waals surface area contributed by atoms with Crippen molar-refractivity contribution in [3.8, 4) is 0 Å². The van der Waals surface area contributed by atoms with Gasteiger partial charge in [0.1, 0.15) is 0 Å². The molecule has 0 aromatic heterocycles. The molecule has 2 atom stereocenters. The van der Waals surface area contributed by atoms with E-state index in [-0.39, 0.29) is 5.92 Å². The van der Waals surface area contributed by atoms with E-state index < -0.39 is 5.97 Å². The van der Waals surface area contributed by atoms with Crippen molar-refractivity contribution in [2.24, 2.45) is 5.92 Å². The van der Waals surface area contributed by atoms with E-state index in [9.17, 15) is 0 Å². The van der Waals surface area contributed by atoms with Crippen LogP contribution in [-0.2, 0) is 20.6 Å². The van der Waals surface area contributed by atoms with Crippen molar-refractivity contribution < 1.29 is 14.2 Å². The smallest absolute Gasteiger partial charge is 0.285 e. The van der Waals surface area contributed by atoms with Gasteiger partial charge in [0.2, 0.25) is 0 Å².